The van der Waals surface area contributed by atoms with Crippen molar-refractivity contribution < 1.29 is 17.6 Å². The Hall–Kier alpha value is -3.39. The molecule has 0 bridgehead atoms. The fourth-order valence-corrected chi connectivity index (χ4v) is 4.48. The second-order valence-electron chi connectivity index (χ2n) is 7.62. The highest BCUT2D eigenvalue weighted by atomic mass is 32.2. The van der Waals surface area contributed by atoms with Gasteiger partial charge >= 0.3 is 0 Å². The molecule has 1 aliphatic heterocycles. The summed E-state index contributed by atoms with van der Waals surface area (Å²) in [4.78, 5) is 12.9. The third-order valence-electron chi connectivity index (χ3n) is 5.03. The first-order chi connectivity index (χ1) is 14.8. The number of carbonyl (C=O) groups is 1. The standard InChI is InChI=1S/C23H23N3O4S/c1-16(2)23(27)26-21(22-9-6-14-30-22)15-20(24-26)17-10-12-18(13-11-17)25-31(28,29)19-7-4-3-5-8-19/h3-14,16,21,25H,15H2,1-2H3. The number of benzene rings is 2. The zero-order chi connectivity index (χ0) is 22.0. The van der Waals surface area contributed by atoms with Crippen molar-refractivity contribution in [2.75, 3.05) is 4.72 Å². The van der Waals surface area contributed by atoms with Crippen molar-refractivity contribution in [3.05, 3.63) is 84.3 Å². The van der Waals surface area contributed by atoms with Gasteiger partial charge in [0, 0.05) is 18.0 Å². The molecule has 3 aromatic rings. The van der Waals surface area contributed by atoms with Gasteiger partial charge in [0.15, 0.2) is 0 Å². The van der Waals surface area contributed by atoms with E-state index in [0.717, 1.165) is 11.3 Å². The van der Waals surface area contributed by atoms with Crippen molar-refractivity contribution in [2.45, 2.75) is 31.2 Å². The normalized spacial score (nSPS) is 16.4. The van der Waals surface area contributed by atoms with E-state index in [1.165, 1.54) is 5.01 Å². The number of furan rings is 1. The number of amides is 1. The Balaban J connectivity index is 1.56. The molecule has 1 unspecified atom stereocenters. The summed E-state index contributed by atoms with van der Waals surface area (Å²) in [6, 6.07) is 18.5. The lowest BCUT2D eigenvalue weighted by Gasteiger charge is -2.21. The predicted octanol–water partition coefficient (Wildman–Crippen LogP) is 4.41. The first kappa shape index (κ1) is 20.9. The molecule has 0 radical (unpaired) electrons. The molecule has 31 heavy (non-hydrogen) atoms. The molecule has 2 aromatic carbocycles. The van der Waals surface area contributed by atoms with Crippen LogP contribution in [-0.4, -0.2) is 25.0 Å². The molecule has 0 spiro atoms. The van der Waals surface area contributed by atoms with Gasteiger partial charge < -0.3 is 4.42 Å². The molecule has 1 amide bonds. The summed E-state index contributed by atoms with van der Waals surface area (Å²) >= 11 is 0. The minimum atomic E-state index is -3.66. The van der Waals surface area contributed by atoms with Gasteiger partial charge in [-0.25, -0.2) is 13.4 Å². The molecule has 2 heterocycles. The monoisotopic (exact) mass is 437 g/mol. The molecule has 1 atom stereocenters. The Morgan fingerprint density at radius 3 is 2.39 bits per heavy atom. The number of rotatable bonds is 6. The number of hydrogen-bond donors (Lipinski definition) is 1. The topological polar surface area (TPSA) is 92.0 Å². The highest BCUT2D eigenvalue weighted by molar-refractivity contribution is 7.92. The van der Waals surface area contributed by atoms with Gasteiger partial charge in [-0.2, -0.15) is 5.10 Å². The van der Waals surface area contributed by atoms with Crippen molar-refractivity contribution in [2.24, 2.45) is 11.0 Å². The van der Waals surface area contributed by atoms with Gasteiger partial charge in [0.25, 0.3) is 10.0 Å². The zero-order valence-electron chi connectivity index (χ0n) is 17.2. The SMILES string of the molecule is CC(C)C(=O)N1N=C(c2ccc(NS(=O)(=O)c3ccccc3)cc2)CC1c1ccco1. The van der Waals surface area contributed by atoms with E-state index in [1.807, 2.05) is 19.9 Å². The molecule has 1 N–H and O–H groups in total. The van der Waals surface area contributed by atoms with Crippen LogP contribution in [0.2, 0.25) is 0 Å². The minimum absolute atomic E-state index is 0.0800. The number of anilines is 1. The molecule has 4 rings (SSSR count). The maximum atomic E-state index is 12.7. The van der Waals surface area contributed by atoms with Crippen LogP contribution in [0.3, 0.4) is 0 Å². The van der Waals surface area contributed by atoms with E-state index in [0.29, 0.717) is 17.9 Å². The Labute approximate surface area is 181 Å². The van der Waals surface area contributed by atoms with Gasteiger partial charge in [0.1, 0.15) is 11.8 Å². The van der Waals surface area contributed by atoms with Crippen LogP contribution >= 0.6 is 0 Å². The fourth-order valence-electron chi connectivity index (χ4n) is 3.40. The predicted molar refractivity (Wildman–Crippen MR) is 118 cm³/mol. The van der Waals surface area contributed by atoms with Gasteiger partial charge in [0.05, 0.1) is 16.9 Å². The summed E-state index contributed by atoms with van der Waals surface area (Å²) in [6.07, 6.45) is 2.10. The Bertz CT molecular complexity index is 1190. The van der Waals surface area contributed by atoms with Crippen molar-refractivity contribution in [1.29, 1.82) is 0 Å². The molecule has 160 valence electrons. The second-order valence-corrected chi connectivity index (χ2v) is 9.30. The Kier molecular flexibility index (Phi) is 5.65. The number of carbonyl (C=O) groups excluding carboxylic acids is 1. The van der Waals surface area contributed by atoms with Crippen molar-refractivity contribution in [3.8, 4) is 0 Å². The average Bonchev–Trinajstić information content (AvgIpc) is 3.44. The average molecular weight is 438 g/mol. The number of nitrogens with zero attached hydrogens (tertiary/aromatic N) is 2. The molecule has 0 saturated carbocycles. The molecular weight excluding hydrogens is 414 g/mol. The molecule has 1 aliphatic rings. The summed E-state index contributed by atoms with van der Waals surface area (Å²) in [5, 5.41) is 6.06. The van der Waals surface area contributed by atoms with E-state index in [9.17, 15) is 13.2 Å². The smallest absolute Gasteiger partial charge is 0.261 e. The third-order valence-corrected chi connectivity index (χ3v) is 6.42. The third kappa shape index (κ3) is 4.39. The number of nitrogens with one attached hydrogen (secondary N) is 1. The highest BCUT2D eigenvalue weighted by Crippen LogP contribution is 2.34. The number of hydrogen-bond acceptors (Lipinski definition) is 5. The summed E-state index contributed by atoms with van der Waals surface area (Å²) in [5.41, 5.74) is 2.01. The first-order valence-corrected chi connectivity index (χ1v) is 11.5. The summed E-state index contributed by atoms with van der Waals surface area (Å²) < 4.78 is 33.1. The number of sulfonamides is 1. The van der Waals surface area contributed by atoms with E-state index in [1.54, 1.807) is 66.9 Å². The molecule has 0 fully saturated rings. The van der Waals surface area contributed by atoms with Gasteiger partial charge in [-0.1, -0.05) is 44.2 Å². The fraction of sp³-hybridized carbons (Fsp3) is 0.217. The van der Waals surface area contributed by atoms with Crippen molar-refractivity contribution in [3.63, 3.8) is 0 Å². The summed E-state index contributed by atoms with van der Waals surface area (Å²) in [6.45, 7) is 3.67. The summed E-state index contributed by atoms with van der Waals surface area (Å²) in [5.74, 6) is 0.402. The van der Waals surface area contributed by atoms with Crippen LogP contribution in [0.15, 0.2) is 87.4 Å². The van der Waals surface area contributed by atoms with E-state index < -0.39 is 10.0 Å². The van der Waals surface area contributed by atoms with Gasteiger partial charge in [-0.05, 0) is 42.0 Å². The van der Waals surface area contributed by atoms with E-state index in [4.69, 9.17) is 4.42 Å². The van der Waals surface area contributed by atoms with Crippen LogP contribution < -0.4 is 4.72 Å². The van der Waals surface area contributed by atoms with Crippen LogP contribution in [0.4, 0.5) is 5.69 Å². The highest BCUT2D eigenvalue weighted by Gasteiger charge is 2.35. The minimum Gasteiger partial charge on any atom is -0.467 e. The largest absolute Gasteiger partial charge is 0.467 e. The van der Waals surface area contributed by atoms with E-state index in [2.05, 4.69) is 9.82 Å². The number of hydrazone groups is 1. The maximum absolute atomic E-state index is 12.7. The Morgan fingerprint density at radius 2 is 1.77 bits per heavy atom. The lowest BCUT2D eigenvalue weighted by molar-refractivity contribution is -0.136. The second kappa shape index (κ2) is 8.39. The zero-order valence-corrected chi connectivity index (χ0v) is 18.0. The quantitative estimate of drug-likeness (QED) is 0.618. The van der Waals surface area contributed by atoms with Crippen LogP contribution in [0, 0.1) is 5.92 Å². The summed E-state index contributed by atoms with van der Waals surface area (Å²) in [7, 11) is -3.66. The van der Waals surface area contributed by atoms with Gasteiger partial charge in [-0.3, -0.25) is 9.52 Å². The molecule has 7 nitrogen and oxygen atoms in total. The molecule has 8 heteroatoms. The first-order valence-electron chi connectivity index (χ1n) is 9.97. The van der Waals surface area contributed by atoms with Crippen molar-refractivity contribution in [1.82, 2.24) is 5.01 Å². The van der Waals surface area contributed by atoms with Crippen LogP contribution in [-0.2, 0) is 14.8 Å². The molecule has 1 aromatic heterocycles. The molecular formula is C23H23N3O4S. The van der Waals surface area contributed by atoms with Gasteiger partial charge in [-0.15, -0.1) is 0 Å². The van der Waals surface area contributed by atoms with Crippen LogP contribution in [0.1, 0.15) is 37.6 Å². The van der Waals surface area contributed by atoms with E-state index in [-0.39, 0.29) is 22.8 Å². The molecule has 0 saturated heterocycles. The molecule has 0 aliphatic carbocycles. The maximum Gasteiger partial charge on any atom is 0.261 e. The van der Waals surface area contributed by atoms with Gasteiger partial charge in [0.2, 0.25) is 5.91 Å². The lowest BCUT2D eigenvalue weighted by atomic mass is 10.0. The van der Waals surface area contributed by atoms with Crippen LogP contribution in [0.25, 0.3) is 0 Å². The van der Waals surface area contributed by atoms with E-state index >= 15 is 0 Å². The lowest BCUT2D eigenvalue weighted by Crippen LogP contribution is -2.30. The van der Waals surface area contributed by atoms with Crippen LogP contribution in [0.5, 0.6) is 0 Å². The Morgan fingerprint density at radius 1 is 1.06 bits per heavy atom. The van der Waals surface area contributed by atoms with Crippen molar-refractivity contribution >= 4 is 27.3 Å².